The Bertz CT molecular complexity index is 803. The Balaban J connectivity index is 1.77. The fourth-order valence-electron chi connectivity index (χ4n) is 3.04. The lowest BCUT2D eigenvalue weighted by Gasteiger charge is -2.31. The van der Waals surface area contributed by atoms with Crippen LogP contribution in [0.1, 0.15) is 29.6 Å². The smallest absolute Gasteiger partial charge is 0.244 e. The van der Waals surface area contributed by atoms with Gasteiger partial charge in [0.2, 0.25) is 5.95 Å². The van der Waals surface area contributed by atoms with E-state index in [1.807, 2.05) is 35.1 Å². The second-order valence-corrected chi connectivity index (χ2v) is 5.42. The van der Waals surface area contributed by atoms with E-state index in [0.717, 1.165) is 23.3 Å². The summed E-state index contributed by atoms with van der Waals surface area (Å²) < 4.78 is 7.33. The third kappa shape index (κ3) is 2.40. The lowest BCUT2D eigenvalue weighted by atomic mass is 9.93. The van der Waals surface area contributed by atoms with Crippen molar-refractivity contribution in [2.24, 2.45) is 0 Å². The topological polar surface area (TPSA) is 77.8 Å². The molecule has 0 bridgehead atoms. The summed E-state index contributed by atoms with van der Waals surface area (Å²) in [5.41, 5.74) is 2.18. The van der Waals surface area contributed by atoms with Crippen molar-refractivity contribution < 1.29 is 4.74 Å². The molecule has 3 heterocycles. The monoisotopic (exact) mass is 308 g/mol. The molecule has 7 heteroatoms. The molecule has 0 aliphatic carbocycles. The summed E-state index contributed by atoms with van der Waals surface area (Å²) in [5, 5.41) is 15.4. The van der Waals surface area contributed by atoms with Crippen molar-refractivity contribution in [2.45, 2.75) is 18.5 Å². The van der Waals surface area contributed by atoms with Crippen LogP contribution in [-0.4, -0.2) is 32.3 Å². The van der Waals surface area contributed by atoms with Gasteiger partial charge in [-0.05, 0) is 34.5 Å². The molecule has 1 aromatic carbocycles. The first-order chi connectivity index (χ1) is 11.4. The molecule has 116 valence electrons. The quantitative estimate of drug-likeness (QED) is 0.799. The summed E-state index contributed by atoms with van der Waals surface area (Å²) in [7, 11) is 1.68. The predicted molar refractivity (Wildman–Crippen MR) is 84.2 cm³/mol. The van der Waals surface area contributed by atoms with E-state index < -0.39 is 0 Å². The summed E-state index contributed by atoms with van der Waals surface area (Å²) in [4.78, 5) is 4.21. The molecule has 1 N–H and O–H groups in total. The van der Waals surface area contributed by atoms with Crippen LogP contribution in [0.15, 0.2) is 48.8 Å². The van der Waals surface area contributed by atoms with Gasteiger partial charge in [-0.25, -0.2) is 4.68 Å². The second-order valence-electron chi connectivity index (χ2n) is 5.42. The van der Waals surface area contributed by atoms with Crippen LogP contribution in [0.5, 0.6) is 5.75 Å². The first-order valence-electron chi connectivity index (χ1n) is 7.44. The number of hydrogen-bond donors (Lipinski definition) is 1. The largest absolute Gasteiger partial charge is 0.496 e. The van der Waals surface area contributed by atoms with Crippen LogP contribution in [0.4, 0.5) is 5.95 Å². The maximum atomic E-state index is 5.52. The first kappa shape index (κ1) is 13.7. The highest BCUT2D eigenvalue weighted by Gasteiger charge is 2.32. The molecular formula is C16H16N6O. The van der Waals surface area contributed by atoms with Gasteiger partial charge in [0.25, 0.3) is 0 Å². The van der Waals surface area contributed by atoms with Crippen molar-refractivity contribution in [2.75, 3.05) is 12.4 Å². The summed E-state index contributed by atoms with van der Waals surface area (Å²) in [6.07, 6.45) is 4.45. The molecule has 0 amide bonds. The number of benzene rings is 1. The van der Waals surface area contributed by atoms with Gasteiger partial charge in [-0.3, -0.25) is 4.98 Å². The van der Waals surface area contributed by atoms with Gasteiger partial charge < -0.3 is 10.1 Å². The van der Waals surface area contributed by atoms with Gasteiger partial charge in [0.15, 0.2) is 0 Å². The molecule has 0 radical (unpaired) electrons. The second kappa shape index (κ2) is 5.68. The summed E-state index contributed by atoms with van der Waals surface area (Å²) in [6, 6.07) is 12.1. The zero-order chi connectivity index (χ0) is 15.6. The molecule has 2 atom stereocenters. The van der Waals surface area contributed by atoms with Crippen molar-refractivity contribution in [1.82, 2.24) is 25.2 Å². The van der Waals surface area contributed by atoms with Crippen LogP contribution in [0.25, 0.3) is 0 Å². The highest BCUT2D eigenvalue weighted by atomic mass is 16.5. The number of hydrogen-bond acceptors (Lipinski definition) is 6. The minimum absolute atomic E-state index is 0.00241. The molecule has 1 aliphatic rings. The molecule has 0 fully saturated rings. The van der Waals surface area contributed by atoms with E-state index in [2.05, 4.69) is 38.0 Å². The Labute approximate surface area is 133 Å². The standard InChI is InChI=1S/C16H16N6O/c1-23-15-7-3-2-6-12(15)14-9-13(11-5-4-8-17-10-11)18-16-19-20-21-22(14)16/h2-8,10,13-14H,9H2,1H3,(H,18,19,21)/t13-,14+/m1/s1. The van der Waals surface area contributed by atoms with E-state index in [1.54, 1.807) is 13.3 Å². The Kier molecular flexibility index (Phi) is 3.38. The van der Waals surface area contributed by atoms with E-state index in [9.17, 15) is 0 Å². The lowest BCUT2D eigenvalue weighted by molar-refractivity contribution is 0.377. The van der Waals surface area contributed by atoms with Crippen molar-refractivity contribution in [3.05, 3.63) is 59.9 Å². The van der Waals surface area contributed by atoms with E-state index in [4.69, 9.17) is 4.74 Å². The highest BCUT2D eigenvalue weighted by molar-refractivity contribution is 5.41. The number of methoxy groups -OCH3 is 1. The molecule has 0 saturated heterocycles. The van der Waals surface area contributed by atoms with Gasteiger partial charge in [-0.15, -0.1) is 0 Å². The third-order valence-electron chi connectivity index (χ3n) is 4.14. The summed E-state index contributed by atoms with van der Waals surface area (Å²) in [5.74, 6) is 1.49. The van der Waals surface area contributed by atoms with Gasteiger partial charge in [-0.2, -0.15) is 0 Å². The number of para-hydroxylation sites is 1. The number of fused-ring (bicyclic) bond motifs is 1. The SMILES string of the molecule is COc1ccccc1[C@@H]1C[C@H](c2cccnc2)Nc2nnnn21. The fourth-order valence-corrected chi connectivity index (χ4v) is 3.04. The number of tetrazole rings is 1. The number of pyridine rings is 1. The van der Waals surface area contributed by atoms with Crippen LogP contribution in [0.3, 0.4) is 0 Å². The number of ether oxygens (including phenoxy) is 1. The molecule has 0 unspecified atom stereocenters. The Morgan fingerprint density at radius 3 is 2.96 bits per heavy atom. The average Bonchev–Trinajstić information content (AvgIpc) is 3.10. The Morgan fingerprint density at radius 2 is 2.13 bits per heavy atom. The number of aromatic nitrogens is 5. The summed E-state index contributed by atoms with van der Waals surface area (Å²) in [6.45, 7) is 0. The van der Waals surface area contributed by atoms with Crippen LogP contribution < -0.4 is 10.1 Å². The molecule has 0 spiro atoms. The molecule has 7 nitrogen and oxygen atoms in total. The van der Waals surface area contributed by atoms with Crippen molar-refractivity contribution in [3.63, 3.8) is 0 Å². The van der Waals surface area contributed by atoms with Crippen LogP contribution in [-0.2, 0) is 0 Å². The molecule has 4 rings (SSSR count). The van der Waals surface area contributed by atoms with Gasteiger partial charge in [0, 0.05) is 18.0 Å². The maximum absolute atomic E-state index is 5.52. The molecular weight excluding hydrogens is 292 g/mol. The molecule has 1 aliphatic heterocycles. The normalized spacial score (nSPS) is 19.7. The number of nitrogens with zero attached hydrogens (tertiary/aromatic N) is 5. The van der Waals surface area contributed by atoms with Crippen LogP contribution in [0, 0.1) is 0 Å². The van der Waals surface area contributed by atoms with Crippen molar-refractivity contribution >= 4 is 5.95 Å². The van der Waals surface area contributed by atoms with E-state index in [0.29, 0.717) is 5.95 Å². The maximum Gasteiger partial charge on any atom is 0.244 e. The van der Waals surface area contributed by atoms with Crippen LogP contribution in [0.2, 0.25) is 0 Å². The fraction of sp³-hybridized carbons (Fsp3) is 0.250. The van der Waals surface area contributed by atoms with Crippen molar-refractivity contribution in [3.8, 4) is 5.75 Å². The zero-order valence-electron chi connectivity index (χ0n) is 12.6. The third-order valence-corrected chi connectivity index (χ3v) is 4.14. The Morgan fingerprint density at radius 1 is 1.22 bits per heavy atom. The van der Waals surface area contributed by atoms with E-state index in [1.165, 1.54) is 0 Å². The highest BCUT2D eigenvalue weighted by Crippen LogP contribution is 2.39. The first-order valence-corrected chi connectivity index (χ1v) is 7.44. The molecule has 2 aromatic heterocycles. The van der Waals surface area contributed by atoms with Crippen LogP contribution >= 0.6 is 0 Å². The van der Waals surface area contributed by atoms with Crippen molar-refractivity contribution in [1.29, 1.82) is 0 Å². The lowest BCUT2D eigenvalue weighted by Crippen LogP contribution is -2.28. The molecule has 3 aromatic rings. The number of rotatable bonds is 3. The number of nitrogens with one attached hydrogen (secondary N) is 1. The Hall–Kier alpha value is -2.96. The zero-order valence-corrected chi connectivity index (χ0v) is 12.6. The minimum atomic E-state index is 0.00241. The van der Waals surface area contributed by atoms with Gasteiger partial charge in [-0.1, -0.05) is 29.4 Å². The van der Waals surface area contributed by atoms with Gasteiger partial charge in [0.05, 0.1) is 19.2 Å². The summed E-state index contributed by atoms with van der Waals surface area (Å²) >= 11 is 0. The molecule has 0 saturated carbocycles. The minimum Gasteiger partial charge on any atom is -0.496 e. The molecule has 23 heavy (non-hydrogen) atoms. The van der Waals surface area contributed by atoms with Gasteiger partial charge >= 0.3 is 0 Å². The van der Waals surface area contributed by atoms with Gasteiger partial charge in [0.1, 0.15) is 5.75 Å². The average molecular weight is 308 g/mol. The number of anilines is 1. The van der Waals surface area contributed by atoms with E-state index in [-0.39, 0.29) is 12.1 Å². The predicted octanol–water partition coefficient (Wildman–Crippen LogP) is 2.22. The van der Waals surface area contributed by atoms with E-state index >= 15 is 0 Å².